The molecule has 0 saturated carbocycles. The molecule has 1 heterocycles. The van der Waals surface area contributed by atoms with Crippen LogP contribution >= 0.6 is 0 Å². The lowest BCUT2D eigenvalue weighted by atomic mass is 10.2. The quantitative estimate of drug-likeness (QED) is 0.777. The van der Waals surface area contributed by atoms with E-state index in [2.05, 4.69) is 15.0 Å². The van der Waals surface area contributed by atoms with Crippen molar-refractivity contribution in [3.05, 3.63) is 48.2 Å². The second-order valence-corrected chi connectivity index (χ2v) is 5.84. The van der Waals surface area contributed by atoms with E-state index in [4.69, 9.17) is 4.74 Å². The molecule has 2 amide bonds. The van der Waals surface area contributed by atoms with Gasteiger partial charge in [-0.1, -0.05) is 0 Å². The Morgan fingerprint density at radius 1 is 1.07 bits per heavy atom. The van der Waals surface area contributed by atoms with E-state index in [0.29, 0.717) is 11.4 Å². The third-order valence-corrected chi connectivity index (χ3v) is 3.36. The van der Waals surface area contributed by atoms with Crippen LogP contribution in [0.25, 0.3) is 0 Å². The maximum atomic E-state index is 12.2. The molecule has 0 aliphatic carbocycles. The molecule has 0 bridgehead atoms. The third-order valence-electron chi connectivity index (χ3n) is 3.36. The lowest BCUT2D eigenvalue weighted by Gasteiger charge is -2.12. The number of alkyl halides is 3. The number of pyridine rings is 1. The molecule has 150 valence electrons. The Hall–Kier alpha value is -3.30. The molecule has 0 atom stereocenters. The number of hydrogen-bond donors (Lipinski definition) is 1. The lowest BCUT2D eigenvalue weighted by Crippen LogP contribution is -2.27. The summed E-state index contributed by atoms with van der Waals surface area (Å²) in [5.41, 5.74) is 0.616. The van der Waals surface area contributed by atoms with Crippen molar-refractivity contribution in [3.63, 3.8) is 0 Å². The zero-order chi connectivity index (χ0) is 20.7. The van der Waals surface area contributed by atoms with E-state index in [9.17, 15) is 22.8 Å². The van der Waals surface area contributed by atoms with Crippen LogP contribution in [0, 0.1) is 0 Å². The van der Waals surface area contributed by atoms with E-state index in [1.54, 1.807) is 38.4 Å². The largest absolute Gasteiger partial charge is 0.484 e. The molecule has 7 nitrogen and oxygen atoms in total. The molecule has 1 aromatic carbocycles. The molecule has 0 saturated heterocycles. The number of rotatable bonds is 7. The van der Waals surface area contributed by atoms with Crippen molar-refractivity contribution in [2.75, 3.05) is 32.6 Å². The van der Waals surface area contributed by atoms with Crippen LogP contribution in [0.5, 0.6) is 11.6 Å². The molecule has 1 aromatic heterocycles. The fraction of sp³-hybridized carbons (Fsp3) is 0.278. The van der Waals surface area contributed by atoms with Gasteiger partial charge in [-0.05, 0) is 30.3 Å². The first-order valence-corrected chi connectivity index (χ1v) is 8.04. The highest BCUT2D eigenvalue weighted by atomic mass is 19.4. The molecule has 0 spiro atoms. The number of carbonyl (C=O) groups excluding carboxylic acids is 2. The number of benzene rings is 1. The van der Waals surface area contributed by atoms with Crippen LogP contribution in [0.15, 0.2) is 42.6 Å². The zero-order valence-electron chi connectivity index (χ0n) is 15.1. The Morgan fingerprint density at radius 2 is 1.75 bits per heavy atom. The van der Waals surface area contributed by atoms with Gasteiger partial charge in [0.25, 0.3) is 11.8 Å². The lowest BCUT2D eigenvalue weighted by molar-refractivity contribution is -0.154. The van der Waals surface area contributed by atoms with Gasteiger partial charge in [0.15, 0.2) is 13.2 Å². The number of hydrogen-bond acceptors (Lipinski definition) is 5. The van der Waals surface area contributed by atoms with Crippen LogP contribution in [0.3, 0.4) is 0 Å². The first-order valence-electron chi connectivity index (χ1n) is 8.04. The van der Waals surface area contributed by atoms with E-state index in [1.165, 1.54) is 17.0 Å². The number of likely N-dealkylation sites (N-methyl/N-ethyl adjacent to an activating group) is 1. The smallest absolute Gasteiger partial charge is 0.422 e. The molecule has 0 aliphatic rings. The van der Waals surface area contributed by atoms with Gasteiger partial charge in [-0.25, -0.2) is 4.98 Å². The van der Waals surface area contributed by atoms with Gasteiger partial charge in [-0.3, -0.25) is 9.59 Å². The number of carbonyl (C=O) groups is 2. The first-order chi connectivity index (χ1) is 13.1. The van der Waals surface area contributed by atoms with Gasteiger partial charge in [-0.15, -0.1) is 0 Å². The number of halogens is 3. The third kappa shape index (κ3) is 6.78. The Balaban J connectivity index is 1.89. The highest BCUT2D eigenvalue weighted by molar-refractivity contribution is 6.04. The minimum absolute atomic E-state index is 0.104. The van der Waals surface area contributed by atoms with Gasteiger partial charge >= 0.3 is 6.18 Å². The van der Waals surface area contributed by atoms with Crippen LogP contribution in [0.4, 0.5) is 18.9 Å². The van der Waals surface area contributed by atoms with Gasteiger partial charge in [0.1, 0.15) is 5.75 Å². The highest BCUT2D eigenvalue weighted by Crippen LogP contribution is 2.18. The summed E-state index contributed by atoms with van der Waals surface area (Å²) in [4.78, 5) is 28.7. The van der Waals surface area contributed by atoms with Crippen molar-refractivity contribution in [3.8, 4) is 11.6 Å². The maximum Gasteiger partial charge on any atom is 0.422 e. The van der Waals surface area contributed by atoms with Gasteiger partial charge in [0.2, 0.25) is 5.88 Å². The Morgan fingerprint density at radius 3 is 2.29 bits per heavy atom. The molecule has 0 fully saturated rings. The van der Waals surface area contributed by atoms with Crippen molar-refractivity contribution in [2.45, 2.75) is 6.18 Å². The predicted molar refractivity (Wildman–Crippen MR) is 94.4 cm³/mol. The average Bonchev–Trinajstić information content (AvgIpc) is 2.65. The SMILES string of the molecule is CN(C)C(=O)COc1ccc(NC(=O)c2ccc(OCC(F)(F)F)nc2)cc1. The minimum atomic E-state index is -4.46. The maximum absolute atomic E-state index is 12.2. The van der Waals surface area contributed by atoms with Crippen LogP contribution in [0.2, 0.25) is 0 Å². The Kier molecular flexibility index (Phi) is 6.80. The Labute approximate surface area is 159 Å². The number of nitrogens with zero attached hydrogens (tertiary/aromatic N) is 2. The first kappa shape index (κ1) is 21.0. The van der Waals surface area contributed by atoms with E-state index >= 15 is 0 Å². The Bertz CT molecular complexity index is 806. The normalized spacial score (nSPS) is 10.9. The highest BCUT2D eigenvalue weighted by Gasteiger charge is 2.28. The summed E-state index contributed by atoms with van der Waals surface area (Å²) in [5, 5.41) is 2.61. The van der Waals surface area contributed by atoms with E-state index in [1.807, 2.05) is 0 Å². The number of ether oxygens (including phenoxy) is 2. The molecule has 0 unspecified atom stereocenters. The van der Waals surface area contributed by atoms with Gasteiger partial charge in [0, 0.05) is 32.0 Å². The molecule has 1 N–H and O–H groups in total. The average molecular weight is 397 g/mol. The molecule has 28 heavy (non-hydrogen) atoms. The predicted octanol–water partition coefficient (Wildman–Crippen LogP) is 2.74. The standard InChI is InChI=1S/C18H18F3N3O4/c1-24(2)16(25)10-27-14-6-4-13(5-7-14)23-17(26)12-3-8-15(22-9-12)28-11-18(19,20)21/h3-9H,10-11H2,1-2H3,(H,23,26). The monoisotopic (exact) mass is 397 g/mol. The number of amides is 2. The topological polar surface area (TPSA) is 80.8 Å². The van der Waals surface area contributed by atoms with Crippen molar-refractivity contribution in [1.82, 2.24) is 9.88 Å². The summed E-state index contributed by atoms with van der Waals surface area (Å²) in [6.07, 6.45) is -3.35. The molecule has 10 heteroatoms. The summed E-state index contributed by atoms with van der Waals surface area (Å²) in [5.74, 6) is -0.456. The molecule has 0 radical (unpaired) electrons. The summed E-state index contributed by atoms with van der Waals surface area (Å²) >= 11 is 0. The van der Waals surface area contributed by atoms with Crippen molar-refractivity contribution in [2.24, 2.45) is 0 Å². The number of nitrogens with one attached hydrogen (secondary N) is 1. The molecular formula is C18H18F3N3O4. The number of aromatic nitrogens is 1. The molecule has 2 rings (SSSR count). The summed E-state index contributed by atoms with van der Waals surface area (Å²) in [6, 6.07) is 8.83. The van der Waals surface area contributed by atoms with Crippen LogP contribution in [-0.2, 0) is 4.79 Å². The summed E-state index contributed by atoms with van der Waals surface area (Å²) in [7, 11) is 3.24. The van der Waals surface area contributed by atoms with Crippen molar-refractivity contribution >= 4 is 17.5 Å². The van der Waals surface area contributed by atoms with E-state index < -0.39 is 18.7 Å². The van der Waals surface area contributed by atoms with Crippen LogP contribution in [0.1, 0.15) is 10.4 Å². The van der Waals surface area contributed by atoms with Gasteiger partial charge < -0.3 is 19.7 Å². The van der Waals surface area contributed by atoms with Gasteiger partial charge in [-0.2, -0.15) is 13.2 Å². The van der Waals surface area contributed by atoms with E-state index in [-0.39, 0.29) is 24.0 Å². The van der Waals surface area contributed by atoms with Gasteiger partial charge in [0.05, 0.1) is 5.56 Å². The minimum Gasteiger partial charge on any atom is -0.484 e. The fourth-order valence-corrected chi connectivity index (χ4v) is 1.87. The summed E-state index contributed by atoms with van der Waals surface area (Å²) < 4.78 is 46.1. The van der Waals surface area contributed by atoms with E-state index in [0.717, 1.165) is 6.20 Å². The number of anilines is 1. The van der Waals surface area contributed by atoms with Crippen LogP contribution in [-0.4, -0.2) is 55.2 Å². The molecule has 2 aromatic rings. The second-order valence-electron chi connectivity index (χ2n) is 5.84. The second kappa shape index (κ2) is 9.07. The summed E-state index contributed by atoms with van der Waals surface area (Å²) in [6.45, 7) is -1.56. The zero-order valence-corrected chi connectivity index (χ0v) is 15.1. The van der Waals surface area contributed by atoms with Crippen LogP contribution < -0.4 is 14.8 Å². The van der Waals surface area contributed by atoms with Crippen molar-refractivity contribution in [1.29, 1.82) is 0 Å². The fourth-order valence-electron chi connectivity index (χ4n) is 1.87. The molecular weight excluding hydrogens is 379 g/mol. The van der Waals surface area contributed by atoms with Crippen molar-refractivity contribution < 1.29 is 32.2 Å². The molecule has 0 aliphatic heterocycles.